The monoisotopic (exact) mass is 417 g/mol. The van der Waals surface area contributed by atoms with Gasteiger partial charge in [-0.3, -0.25) is 0 Å². The number of nitrogens with zero attached hydrogens (tertiary/aromatic N) is 2. The highest BCUT2D eigenvalue weighted by atomic mass is 32.2. The summed E-state index contributed by atoms with van der Waals surface area (Å²) in [5, 5.41) is 5.70. The van der Waals surface area contributed by atoms with Crippen molar-refractivity contribution in [1.82, 2.24) is 4.98 Å². The van der Waals surface area contributed by atoms with E-state index in [2.05, 4.69) is 10.1 Å². The summed E-state index contributed by atoms with van der Waals surface area (Å²) in [7, 11) is 0. The van der Waals surface area contributed by atoms with Crippen LogP contribution in [-0.2, 0) is 23.9 Å². The van der Waals surface area contributed by atoms with Gasteiger partial charge in [-0.25, -0.2) is 14.6 Å². The predicted molar refractivity (Wildman–Crippen MR) is 108 cm³/mol. The zero-order valence-corrected chi connectivity index (χ0v) is 18.2. The molecule has 10 heteroatoms. The summed E-state index contributed by atoms with van der Waals surface area (Å²) in [5.41, 5.74) is 3.63. The average molecular weight is 418 g/mol. The van der Waals surface area contributed by atoms with Crippen molar-refractivity contribution in [1.29, 1.82) is 0 Å². The molecule has 0 aromatic carbocycles. The molecule has 1 aromatic rings. The van der Waals surface area contributed by atoms with E-state index in [1.165, 1.54) is 13.8 Å². The van der Waals surface area contributed by atoms with Gasteiger partial charge in [0.15, 0.2) is 5.13 Å². The van der Waals surface area contributed by atoms with E-state index in [1.807, 2.05) is 6.92 Å². The topological polar surface area (TPSA) is 113 Å². The number of esters is 2. The molecule has 0 aliphatic heterocycles. The Morgan fingerprint density at radius 3 is 2.48 bits per heavy atom. The Bertz CT molecular complexity index is 680. The van der Waals surface area contributed by atoms with Crippen LogP contribution in [0, 0.1) is 0 Å². The fourth-order valence-corrected chi connectivity index (χ4v) is 2.63. The number of hydrogen-bond acceptors (Lipinski definition) is 10. The van der Waals surface area contributed by atoms with Crippen LogP contribution in [0.3, 0.4) is 0 Å². The molecular formula is C17H27N3O5S2. The van der Waals surface area contributed by atoms with Crippen molar-refractivity contribution in [3.8, 4) is 0 Å². The fraction of sp³-hybridized carbons (Fsp3) is 0.647. The van der Waals surface area contributed by atoms with E-state index in [4.69, 9.17) is 20.0 Å². The van der Waals surface area contributed by atoms with Crippen molar-refractivity contribution in [2.45, 2.75) is 52.7 Å². The lowest BCUT2D eigenvalue weighted by atomic mass is 10.1. The Kier molecular flexibility index (Phi) is 8.55. The largest absolute Gasteiger partial charge is 0.460 e. The SMILES string of the molecule is CCSCCOC(=O)/C(=N\OC(C)(C)C(=O)OC(C)(C)C)c1csc(N)n1. The van der Waals surface area contributed by atoms with E-state index in [1.54, 1.807) is 37.9 Å². The lowest BCUT2D eigenvalue weighted by Crippen LogP contribution is -2.40. The fourth-order valence-electron chi connectivity index (χ4n) is 1.59. The van der Waals surface area contributed by atoms with E-state index in [-0.39, 0.29) is 23.1 Å². The number of aromatic nitrogens is 1. The summed E-state index contributed by atoms with van der Waals surface area (Å²) in [6.07, 6.45) is 0. The van der Waals surface area contributed by atoms with Crippen LogP contribution >= 0.6 is 23.1 Å². The van der Waals surface area contributed by atoms with E-state index < -0.39 is 23.1 Å². The van der Waals surface area contributed by atoms with Gasteiger partial charge >= 0.3 is 11.9 Å². The van der Waals surface area contributed by atoms with Crippen molar-refractivity contribution in [2.24, 2.45) is 5.16 Å². The van der Waals surface area contributed by atoms with Gasteiger partial charge in [-0.2, -0.15) is 11.8 Å². The molecule has 2 N–H and O–H groups in total. The molecule has 0 radical (unpaired) electrons. The first-order valence-electron chi connectivity index (χ1n) is 8.42. The third-order valence-electron chi connectivity index (χ3n) is 2.88. The summed E-state index contributed by atoms with van der Waals surface area (Å²) in [6.45, 7) is 10.5. The molecule has 8 nitrogen and oxygen atoms in total. The highest BCUT2D eigenvalue weighted by molar-refractivity contribution is 7.99. The van der Waals surface area contributed by atoms with Gasteiger partial charge in [0, 0.05) is 11.1 Å². The quantitative estimate of drug-likeness (QED) is 0.282. The van der Waals surface area contributed by atoms with Crippen LogP contribution in [0.4, 0.5) is 5.13 Å². The third kappa shape index (κ3) is 8.17. The number of anilines is 1. The maximum absolute atomic E-state index is 12.4. The van der Waals surface area contributed by atoms with Crippen LogP contribution in [0.15, 0.2) is 10.5 Å². The summed E-state index contributed by atoms with van der Waals surface area (Å²) < 4.78 is 10.5. The highest BCUT2D eigenvalue weighted by Crippen LogP contribution is 2.19. The maximum Gasteiger partial charge on any atom is 0.362 e. The zero-order valence-electron chi connectivity index (χ0n) is 16.5. The third-order valence-corrected chi connectivity index (χ3v) is 4.42. The van der Waals surface area contributed by atoms with Crippen molar-refractivity contribution < 1.29 is 23.9 Å². The van der Waals surface area contributed by atoms with Gasteiger partial charge in [-0.15, -0.1) is 11.3 Å². The van der Waals surface area contributed by atoms with Gasteiger partial charge in [0.2, 0.25) is 11.3 Å². The number of hydrogen-bond donors (Lipinski definition) is 1. The number of ether oxygens (including phenoxy) is 2. The van der Waals surface area contributed by atoms with Gasteiger partial charge in [0.05, 0.1) is 0 Å². The molecule has 0 fully saturated rings. The normalized spacial score (nSPS) is 12.6. The molecule has 0 aliphatic carbocycles. The van der Waals surface area contributed by atoms with Crippen LogP contribution in [0.2, 0.25) is 0 Å². The molecule has 0 saturated heterocycles. The Morgan fingerprint density at radius 1 is 1.30 bits per heavy atom. The molecule has 1 aromatic heterocycles. The van der Waals surface area contributed by atoms with E-state index in [9.17, 15) is 9.59 Å². The van der Waals surface area contributed by atoms with Gasteiger partial charge in [-0.1, -0.05) is 12.1 Å². The minimum atomic E-state index is -1.40. The predicted octanol–water partition coefficient (Wildman–Crippen LogP) is 2.86. The van der Waals surface area contributed by atoms with Crippen LogP contribution < -0.4 is 5.73 Å². The summed E-state index contributed by atoms with van der Waals surface area (Å²) >= 11 is 2.80. The number of carbonyl (C=O) groups excluding carboxylic acids is 2. The number of thioether (sulfide) groups is 1. The smallest absolute Gasteiger partial charge is 0.362 e. The maximum atomic E-state index is 12.4. The van der Waals surface area contributed by atoms with Crippen molar-refractivity contribution in [3.05, 3.63) is 11.1 Å². The molecule has 152 valence electrons. The lowest BCUT2D eigenvalue weighted by Gasteiger charge is -2.26. The second-order valence-electron chi connectivity index (χ2n) is 6.95. The second-order valence-corrected chi connectivity index (χ2v) is 9.23. The van der Waals surface area contributed by atoms with Gasteiger partial charge in [-0.05, 0) is 40.4 Å². The number of oxime groups is 1. The van der Waals surface area contributed by atoms with Crippen LogP contribution in [-0.4, -0.2) is 51.9 Å². The second kappa shape index (κ2) is 9.93. The molecule has 0 aliphatic rings. The zero-order chi connectivity index (χ0) is 20.7. The highest BCUT2D eigenvalue weighted by Gasteiger charge is 2.36. The molecule has 0 saturated carbocycles. The van der Waals surface area contributed by atoms with Crippen LogP contribution in [0.5, 0.6) is 0 Å². The van der Waals surface area contributed by atoms with E-state index in [0.717, 1.165) is 17.1 Å². The van der Waals surface area contributed by atoms with Crippen LogP contribution in [0.25, 0.3) is 0 Å². The average Bonchev–Trinajstić information content (AvgIpc) is 2.96. The molecule has 1 rings (SSSR count). The molecule has 0 atom stereocenters. The summed E-state index contributed by atoms with van der Waals surface area (Å²) in [6, 6.07) is 0. The minimum absolute atomic E-state index is 0.152. The van der Waals surface area contributed by atoms with Gasteiger partial charge in [0.25, 0.3) is 0 Å². The molecule has 1 heterocycles. The Balaban J connectivity index is 2.95. The van der Waals surface area contributed by atoms with Gasteiger partial charge < -0.3 is 20.0 Å². The molecule has 0 unspecified atom stereocenters. The van der Waals surface area contributed by atoms with Gasteiger partial charge in [0.1, 0.15) is 17.9 Å². The summed E-state index contributed by atoms with van der Waals surface area (Å²) in [4.78, 5) is 34.1. The minimum Gasteiger partial charge on any atom is -0.460 e. The Labute approximate surface area is 167 Å². The van der Waals surface area contributed by atoms with E-state index >= 15 is 0 Å². The molecule has 0 bridgehead atoms. The molecule has 27 heavy (non-hydrogen) atoms. The standard InChI is InChI=1S/C17H27N3O5S2/c1-7-26-9-8-23-13(21)12(11-10-27-15(18)19-11)20-25-17(5,6)14(22)24-16(2,3)4/h10H,7-9H2,1-6H3,(H2,18,19)/b20-12-. The number of thiazole rings is 1. The number of carbonyl (C=O) groups is 2. The Morgan fingerprint density at radius 2 is 1.96 bits per heavy atom. The van der Waals surface area contributed by atoms with E-state index in [0.29, 0.717) is 5.75 Å². The molecule has 0 amide bonds. The first-order valence-corrected chi connectivity index (χ1v) is 10.5. The lowest BCUT2D eigenvalue weighted by molar-refractivity contribution is -0.179. The molecule has 0 spiro atoms. The number of rotatable bonds is 9. The number of nitrogen functional groups attached to an aromatic ring is 1. The first-order chi connectivity index (χ1) is 12.5. The van der Waals surface area contributed by atoms with Crippen LogP contribution in [0.1, 0.15) is 47.2 Å². The first kappa shape index (κ1) is 23.2. The van der Waals surface area contributed by atoms with Crippen molar-refractivity contribution >= 4 is 45.9 Å². The Hall–Kier alpha value is -1.81. The van der Waals surface area contributed by atoms with Crippen molar-refractivity contribution in [2.75, 3.05) is 23.8 Å². The van der Waals surface area contributed by atoms with Crippen molar-refractivity contribution in [3.63, 3.8) is 0 Å². The number of nitrogens with two attached hydrogens (primary N) is 1. The molecular weight excluding hydrogens is 390 g/mol. The summed E-state index contributed by atoms with van der Waals surface area (Å²) in [5.74, 6) is 0.286.